The normalized spacial score (nSPS) is 14.7. The van der Waals surface area contributed by atoms with Crippen LogP contribution in [0.5, 0.6) is 0 Å². The molecular weight excluding hydrogens is 290 g/mol. The Bertz CT molecular complexity index is 653. The Balaban J connectivity index is 1.48. The first kappa shape index (κ1) is 15.3. The highest BCUT2D eigenvalue weighted by molar-refractivity contribution is 5.80. The number of amides is 1. The predicted octanol–water partition coefficient (Wildman–Crippen LogP) is 1.55. The van der Waals surface area contributed by atoms with Crippen molar-refractivity contribution in [2.45, 2.75) is 6.92 Å². The maximum atomic E-state index is 12.3. The molecule has 2 aromatic rings. The molecule has 1 aliphatic heterocycles. The van der Waals surface area contributed by atoms with E-state index in [0.29, 0.717) is 5.82 Å². The summed E-state index contributed by atoms with van der Waals surface area (Å²) in [6.07, 6.45) is 3.32. The van der Waals surface area contributed by atoms with Crippen LogP contribution in [0.25, 0.3) is 0 Å². The Labute approximate surface area is 136 Å². The van der Waals surface area contributed by atoms with Gasteiger partial charge in [0.25, 0.3) is 0 Å². The Morgan fingerprint density at radius 3 is 2.57 bits per heavy atom. The molecule has 0 bridgehead atoms. The molecule has 1 fully saturated rings. The number of hydrogen-bond acceptors (Lipinski definition) is 5. The van der Waals surface area contributed by atoms with E-state index in [-0.39, 0.29) is 12.5 Å². The third kappa shape index (κ3) is 3.97. The van der Waals surface area contributed by atoms with Crippen molar-refractivity contribution in [3.63, 3.8) is 0 Å². The summed E-state index contributed by atoms with van der Waals surface area (Å²) in [5, 5.41) is 3.05. The van der Waals surface area contributed by atoms with Crippen molar-refractivity contribution in [3.8, 4) is 0 Å². The van der Waals surface area contributed by atoms with Crippen molar-refractivity contribution in [1.82, 2.24) is 14.9 Å². The minimum Gasteiger partial charge on any atom is -0.368 e. The molecule has 0 spiro atoms. The lowest BCUT2D eigenvalue weighted by Crippen LogP contribution is -2.50. The number of benzene rings is 1. The fourth-order valence-electron chi connectivity index (χ4n) is 2.68. The highest BCUT2D eigenvalue weighted by Gasteiger charge is 2.20. The van der Waals surface area contributed by atoms with Crippen molar-refractivity contribution >= 4 is 17.4 Å². The molecule has 1 N–H and O–H groups in total. The van der Waals surface area contributed by atoms with E-state index in [4.69, 9.17) is 0 Å². The molecule has 0 saturated carbocycles. The van der Waals surface area contributed by atoms with Gasteiger partial charge in [-0.2, -0.15) is 0 Å². The van der Waals surface area contributed by atoms with Crippen LogP contribution in [0.1, 0.15) is 5.69 Å². The molecule has 1 amide bonds. The molecule has 23 heavy (non-hydrogen) atoms. The Hall–Kier alpha value is -2.63. The van der Waals surface area contributed by atoms with Crippen molar-refractivity contribution < 1.29 is 4.79 Å². The van der Waals surface area contributed by atoms with Crippen LogP contribution in [-0.2, 0) is 4.79 Å². The Morgan fingerprint density at radius 1 is 1.13 bits per heavy atom. The molecule has 3 rings (SSSR count). The number of carbonyl (C=O) groups is 1. The van der Waals surface area contributed by atoms with Crippen LogP contribution >= 0.6 is 0 Å². The molecule has 1 aromatic heterocycles. The summed E-state index contributed by atoms with van der Waals surface area (Å²) in [6.45, 7) is 5.34. The van der Waals surface area contributed by atoms with Crippen LogP contribution in [-0.4, -0.2) is 53.5 Å². The van der Waals surface area contributed by atoms with Gasteiger partial charge in [0.1, 0.15) is 5.82 Å². The third-order valence-corrected chi connectivity index (χ3v) is 3.93. The molecule has 0 aliphatic carbocycles. The van der Waals surface area contributed by atoms with Crippen LogP contribution in [0.4, 0.5) is 11.5 Å². The molecule has 6 nitrogen and oxygen atoms in total. The van der Waals surface area contributed by atoms with E-state index in [1.54, 1.807) is 12.4 Å². The smallest absolute Gasteiger partial charge is 0.242 e. The van der Waals surface area contributed by atoms with Gasteiger partial charge in [-0.05, 0) is 19.1 Å². The summed E-state index contributed by atoms with van der Waals surface area (Å²) in [5.41, 5.74) is 2.05. The first-order valence-electron chi connectivity index (χ1n) is 7.83. The highest BCUT2D eigenvalue weighted by Crippen LogP contribution is 2.15. The lowest BCUT2D eigenvalue weighted by atomic mass is 10.2. The largest absolute Gasteiger partial charge is 0.368 e. The molecule has 1 aromatic carbocycles. The van der Waals surface area contributed by atoms with Gasteiger partial charge in [0, 0.05) is 38.1 Å². The topological polar surface area (TPSA) is 61.4 Å². The number of aryl methyl sites for hydroxylation is 1. The van der Waals surface area contributed by atoms with Gasteiger partial charge in [-0.25, -0.2) is 4.98 Å². The molecule has 1 aliphatic rings. The average molecular weight is 311 g/mol. The maximum Gasteiger partial charge on any atom is 0.242 e. The summed E-state index contributed by atoms with van der Waals surface area (Å²) in [7, 11) is 0. The molecule has 120 valence electrons. The van der Waals surface area contributed by atoms with Crippen LogP contribution in [0.3, 0.4) is 0 Å². The van der Waals surface area contributed by atoms with E-state index in [1.807, 2.05) is 30.0 Å². The Morgan fingerprint density at radius 2 is 1.87 bits per heavy atom. The zero-order chi connectivity index (χ0) is 16.1. The third-order valence-electron chi connectivity index (χ3n) is 3.93. The zero-order valence-electron chi connectivity index (χ0n) is 13.3. The van der Waals surface area contributed by atoms with E-state index in [1.165, 1.54) is 5.69 Å². The predicted molar refractivity (Wildman–Crippen MR) is 90.5 cm³/mol. The highest BCUT2D eigenvalue weighted by atomic mass is 16.2. The van der Waals surface area contributed by atoms with E-state index < -0.39 is 0 Å². The lowest BCUT2D eigenvalue weighted by Gasteiger charge is -2.36. The number of nitrogens with zero attached hydrogens (tertiary/aromatic N) is 4. The quantitative estimate of drug-likeness (QED) is 0.928. The van der Waals surface area contributed by atoms with Crippen LogP contribution in [0.2, 0.25) is 0 Å². The summed E-state index contributed by atoms with van der Waals surface area (Å²) < 4.78 is 0. The average Bonchev–Trinajstić information content (AvgIpc) is 2.61. The molecular formula is C17H21N5O. The molecule has 0 unspecified atom stereocenters. The van der Waals surface area contributed by atoms with Gasteiger partial charge in [0.05, 0.1) is 18.4 Å². The zero-order valence-corrected chi connectivity index (χ0v) is 13.3. The monoisotopic (exact) mass is 311 g/mol. The number of hydrogen-bond donors (Lipinski definition) is 1. The molecule has 0 radical (unpaired) electrons. The van der Waals surface area contributed by atoms with Gasteiger partial charge in [-0.3, -0.25) is 9.78 Å². The molecule has 2 heterocycles. The van der Waals surface area contributed by atoms with Crippen LogP contribution in [0.15, 0.2) is 42.7 Å². The minimum atomic E-state index is 0.0982. The van der Waals surface area contributed by atoms with Crippen molar-refractivity contribution in [2.24, 2.45) is 0 Å². The number of rotatable bonds is 4. The SMILES string of the molecule is Cc1cncc(NCC(=O)N2CCN(c3ccccc3)CC2)n1. The minimum absolute atomic E-state index is 0.0982. The summed E-state index contributed by atoms with van der Waals surface area (Å²) >= 11 is 0. The number of aromatic nitrogens is 2. The Kier molecular flexibility index (Phi) is 4.71. The fourth-order valence-corrected chi connectivity index (χ4v) is 2.68. The standard InChI is InChI=1S/C17H21N5O/c1-14-11-18-12-16(20-14)19-13-17(23)22-9-7-21(8-10-22)15-5-3-2-4-6-15/h2-6,11-12H,7-10,13H2,1H3,(H,19,20). The number of carbonyl (C=O) groups excluding carboxylic acids is 1. The molecule has 6 heteroatoms. The number of anilines is 2. The first-order valence-corrected chi connectivity index (χ1v) is 7.83. The van der Waals surface area contributed by atoms with Crippen LogP contribution < -0.4 is 10.2 Å². The fraction of sp³-hybridized carbons (Fsp3) is 0.353. The van der Waals surface area contributed by atoms with Crippen molar-refractivity contribution in [1.29, 1.82) is 0 Å². The summed E-state index contributed by atoms with van der Waals surface area (Å²) in [6, 6.07) is 10.3. The first-order chi connectivity index (χ1) is 11.2. The van der Waals surface area contributed by atoms with Crippen molar-refractivity contribution in [3.05, 3.63) is 48.4 Å². The van der Waals surface area contributed by atoms with Crippen molar-refractivity contribution in [2.75, 3.05) is 42.9 Å². The maximum absolute atomic E-state index is 12.3. The van der Waals surface area contributed by atoms with Gasteiger partial charge in [0.15, 0.2) is 0 Å². The second-order valence-corrected chi connectivity index (χ2v) is 5.60. The van der Waals surface area contributed by atoms with Crippen LogP contribution in [0, 0.1) is 6.92 Å². The molecule has 1 saturated heterocycles. The van der Waals surface area contributed by atoms with Gasteiger partial charge in [-0.1, -0.05) is 18.2 Å². The summed E-state index contributed by atoms with van der Waals surface area (Å²) in [4.78, 5) is 24.9. The van der Waals surface area contributed by atoms with Gasteiger partial charge in [-0.15, -0.1) is 0 Å². The number of piperazine rings is 1. The second-order valence-electron chi connectivity index (χ2n) is 5.60. The number of nitrogens with one attached hydrogen (secondary N) is 1. The second kappa shape index (κ2) is 7.09. The number of para-hydroxylation sites is 1. The van der Waals surface area contributed by atoms with E-state index in [2.05, 4.69) is 32.3 Å². The van der Waals surface area contributed by atoms with Gasteiger partial charge >= 0.3 is 0 Å². The van der Waals surface area contributed by atoms with E-state index in [9.17, 15) is 4.79 Å². The van der Waals surface area contributed by atoms with E-state index in [0.717, 1.165) is 31.9 Å². The van der Waals surface area contributed by atoms with Gasteiger partial charge in [0.2, 0.25) is 5.91 Å². The lowest BCUT2D eigenvalue weighted by molar-refractivity contribution is -0.129. The van der Waals surface area contributed by atoms with Gasteiger partial charge < -0.3 is 15.1 Å². The molecule has 0 atom stereocenters. The van der Waals surface area contributed by atoms with E-state index >= 15 is 0 Å². The summed E-state index contributed by atoms with van der Waals surface area (Å²) in [5.74, 6) is 0.738.